The SMILES string of the molecule is CCCCCOc1nc(Nc2cccc(F)c2)ncc1C(F)(F)F. The molecular formula is C16H17F4N3O. The number of alkyl halides is 3. The van der Waals surface area contributed by atoms with E-state index in [-0.39, 0.29) is 12.6 Å². The second-order valence-corrected chi connectivity index (χ2v) is 5.10. The molecule has 0 spiro atoms. The molecule has 0 aliphatic carbocycles. The summed E-state index contributed by atoms with van der Waals surface area (Å²) in [5, 5.41) is 2.66. The molecule has 8 heteroatoms. The van der Waals surface area contributed by atoms with Gasteiger partial charge in [0.1, 0.15) is 11.4 Å². The molecule has 1 heterocycles. The van der Waals surface area contributed by atoms with Crippen molar-refractivity contribution in [2.45, 2.75) is 32.4 Å². The quantitative estimate of drug-likeness (QED) is 0.571. The first-order chi connectivity index (χ1) is 11.4. The van der Waals surface area contributed by atoms with Crippen LogP contribution < -0.4 is 10.1 Å². The molecule has 1 N–H and O–H groups in total. The highest BCUT2D eigenvalue weighted by molar-refractivity contribution is 5.53. The van der Waals surface area contributed by atoms with Crippen LogP contribution in [0.3, 0.4) is 0 Å². The molecule has 0 saturated heterocycles. The van der Waals surface area contributed by atoms with Crippen LogP contribution in [0.25, 0.3) is 0 Å². The minimum atomic E-state index is -4.61. The normalized spacial score (nSPS) is 11.4. The van der Waals surface area contributed by atoms with E-state index in [1.165, 1.54) is 18.2 Å². The Labute approximate surface area is 136 Å². The summed E-state index contributed by atoms with van der Waals surface area (Å²) in [7, 11) is 0. The number of aromatic nitrogens is 2. The number of rotatable bonds is 7. The minimum Gasteiger partial charge on any atom is -0.477 e. The first-order valence-electron chi connectivity index (χ1n) is 7.49. The third-order valence-corrected chi connectivity index (χ3v) is 3.13. The maximum Gasteiger partial charge on any atom is 0.423 e. The summed E-state index contributed by atoms with van der Waals surface area (Å²) < 4.78 is 57.4. The summed E-state index contributed by atoms with van der Waals surface area (Å²) in [6.45, 7) is 2.11. The van der Waals surface area contributed by atoms with Gasteiger partial charge in [0.05, 0.1) is 6.61 Å². The predicted octanol–water partition coefficient (Wildman–Crippen LogP) is 4.95. The number of ether oxygens (including phenoxy) is 1. The van der Waals surface area contributed by atoms with Crippen LogP contribution >= 0.6 is 0 Å². The molecular weight excluding hydrogens is 326 g/mol. The van der Waals surface area contributed by atoms with Crippen LogP contribution in [0, 0.1) is 5.82 Å². The Balaban J connectivity index is 2.20. The summed E-state index contributed by atoms with van der Waals surface area (Å²) in [6, 6.07) is 5.44. The number of anilines is 2. The average molecular weight is 343 g/mol. The fraction of sp³-hybridized carbons (Fsp3) is 0.375. The second-order valence-electron chi connectivity index (χ2n) is 5.10. The van der Waals surface area contributed by atoms with Crippen molar-refractivity contribution in [1.82, 2.24) is 9.97 Å². The first kappa shape index (κ1) is 18.0. The summed E-state index contributed by atoms with van der Waals surface area (Å²) in [4.78, 5) is 7.41. The maximum atomic E-state index is 13.2. The molecule has 24 heavy (non-hydrogen) atoms. The number of nitrogens with one attached hydrogen (secondary N) is 1. The second kappa shape index (κ2) is 7.94. The van der Waals surface area contributed by atoms with E-state index in [2.05, 4.69) is 15.3 Å². The molecule has 1 aromatic carbocycles. The van der Waals surface area contributed by atoms with Crippen molar-refractivity contribution < 1.29 is 22.3 Å². The smallest absolute Gasteiger partial charge is 0.423 e. The Kier molecular flexibility index (Phi) is 5.94. The lowest BCUT2D eigenvalue weighted by molar-refractivity contribution is -0.139. The lowest BCUT2D eigenvalue weighted by Gasteiger charge is -2.14. The monoisotopic (exact) mass is 343 g/mol. The molecule has 0 aliphatic rings. The summed E-state index contributed by atoms with van der Waals surface area (Å²) in [6.07, 6.45) is -1.56. The van der Waals surface area contributed by atoms with Crippen LogP contribution in [0.4, 0.5) is 29.2 Å². The zero-order valence-electron chi connectivity index (χ0n) is 13.0. The van der Waals surface area contributed by atoms with Crippen LogP contribution in [-0.2, 0) is 6.18 Å². The van der Waals surface area contributed by atoms with Crippen molar-refractivity contribution in [2.75, 3.05) is 11.9 Å². The van der Waals surface area contributed by atoms with E-state index < -0.39 is 23.4 Å². The fourth-order valence-electron chi connectivity index (χ4n) is 1.95. The van der Waals surface area contributed by atoms with E-state index in [4.69, 9.17) is 4.74 Å². The molecule has 0 atom stereocenters. The van der Waals surface area contributed by atoms with Crippen LogP contribution in [0.1, 0.15) is 31.7 Å². The molecule has 130 valence electrons. The maximum absolute atomic E-state index is 13.2. The van der Waals surface area contributed by atoms with E-state index in [9.17, 15) is 17.6 Å². The van der Waals surface area contributed by atoms with Crippen LogP contribution in [0.2, 0.25) is 0 Å². The molecule has 2 rings (SSSR count). The Morgan fingerprint density at radius 3 is 2.67 bits per heavy atom. The fourth-order valence-corrected chi connectivity index (χ4v) is 1.95. The number of unbranched alkanes of at least 4 members (excludes halogenated alkanes) is 2. The lowest BCUT2D eigenvalue weighted by atomic mass is 10.2. The molecule has 0 amide bonds. The van der Waals surface area contributed by atoms with Gasteiger partial charge in [-0.2, -0.15) is 18.2 Å². The molecule has 0 aliphatic heterocycles. The molecule has 1 aromatic heterocycles. The van der Waals surface area contributed by atoms with Gasteiger partial charge in [0.25, 0.3) is 0 Å². The summed E-state index contributed by atoms with van der Waals surface area (Å²) in [5.74, 6) is -1.12. The van der Waals surface area contributed by atoms with Crippen molar-refractivity contribution in [3.63, 3.8) is 0 Å². The molecule has 0 bridgehead atoms. The topological polar surface area (TPSA) is 47.0 Å². The van der Waals surface area contributed by atoms with Gasteiger partial charge in [0, 0.05) is 11.9 Å². The van der Waals surface area contributed by atoms with Crippen molar-refractivity contribution in [3.8, 4) is 5.88 Å². The Morgan fingerprint density at radius 2 is 2.00 bits per heavy atom. The summed E-state index contributed by atoms with van der Waals surface area (Å²) in [5.41, 5.74) is -0.713. The molecule has 0 fully saturated rings. The summed E-state index contributed by atoms with van der Waals surface area (Å²) >= 11 is 0. The highest BCUT2D eigenvalue weighted by Crippen LogP contribution is 2.35. The van der Waals surface area contributed by atoms with E-state index >= 15 is 0 Å². The minimum absolute atomic E-state index is 0.0981. The number of halogens is 4. The highest BCUT2D eigenvalue weighted by Gasteiger charge is 2.36. The molecule has 0 saturated carbocycles. The number of hydrogen-bond donors (Lipinski definition) is 1. The first-order valence-corrected chi connectivity index (χ1v) is 7.49. The molecule has 0 radical (unpaired) electrons. The van der Waals surface area contributed by atoms with Gasteiger partial charge in [0.15, 0.2) is 0 Å². The average Bonchev–Trinajstić information content (AvgIpc) is 2.51. The zero-order valence-corrected chi connectivity index (χ0v) is 13.0. The van der Waals surface area contributed by atoms with Crippen molar-refractivity contribution >= 4 is 11.6 Å². The van der Waals surface area contributed by atoms with Crippen LogP contribution in [-0.4, -0.2) is 16.6 Å². The van der Waals surface area contributed by atoms with Gasteiger partial charge >= 0.3 is 6.18 Å². The third-order valence-electron chi connectivity index (χ3n) is 3.13. The Bertz CT molecular complexity index is 677. The zero-order chi connectivity index (χ0) is 17.6. The Morgan fingerprint density at radius 1 is 1.21 bits per heavy atom. The van der Waals surface area contributed by atoms with E-state index in [0.717, 1.165) is 12.8 Å². The number of benzene rings is 1. The number of nitrogens with zero attached hydrogens (tertiary/aromatic N) is 2. The van der Waals surface area contributed by atoms with Crippen LogP contribution in [0.15, 0.2) is 30.5 Å². The van der Waals surface area contributed by atoms with Gasteiger partial charge in [-0.05, 0) is 24.6 Å². The van der Waals surface area contributed by atoms with Gasteiger partial charge in [-0.15, -0.1) is 0 Å². The van der Waals surface area contributed by atoms with Gasteiger partial charge in [-0.1, -0.05) is 25.8 Å². The molecule has 0 unspecified atom stereocenters. The highest BCUT2D eigenvalue weighted by atomic mass is 19.4. The van der Waals surface area contributed by atoms with Gasteiger partial charge in [-0.25, -0.2) is 9.37 Å². The lowest BCUT2D eigenvalue weighted by Crippen LogP contribution is -2.13. The van der Waals surface area contributed by atoms with Crippen LogP contribution in [0.5, 0.6) is 5.88 Å². The van der Waals surface area contributed by atoms with Crippen molar-refractivity contribution in [1.29, 1.82) is 0 Å². The molecule has 2 aromatic rings. The third kappa shape index (κ3) is 5.07. The van der Waals surface area contributed by atoms with Crippen molar-refractivity contribution in [3.05, 3.63) is 41.8 Å². The van der Waals surface area contributed by atoms with E-state index in [1.54, 1.807) is 6.07 Å². The van der Waals surface area contributed by atoms with Gasteiger partial charge in [0.2, 0.25) is 11.8 Å². The van der Waals surface area contributed by atoms with E-state index in [0.29, 0.717) is 18.3 Å². The predicted molar refractivity (Wildman–Crippen MR) is 81.7 cm³/mol. The van der Waals surface area contributed by atoms with Gasteiger partial charge < -0.3 is 10.1 Å². The van der Waals surface area contributed by atoms with E-state index in [1.807, 2.05) is 6.92 Å². The largest absolute Gasteiger partial charge is 0.477 e. The molecule has 4 nitrogen and oxygen atoms in total. The Hall–Kier alpha value is -2.38. The number of hydrogen-bond acceptors (Lipinski definition) is 4. The standard InChI is InChI=1S/C16H17F4N3O/c1-2-3-4-8-24-14-13(16(18,19)20)10-21-15(23-14)22-12-7-5-6-11(17)9-12/h5-7,9-10H,2-4,8H2,1H3,(H,21,22,23). The van der Waals surface area contributed by atoms with Gasteiger partial charge in [-0.3, -0.25) is 0 Å². The van der Waals surface area contributed by atoms with Crippen molar-refractivity contribution in [2.24, 2.45) is 0 Å².